The van der Waals surface area contributed by atoms with E-state index in [1.807, 2.05) is 6.07 Å². The summed E-state index contributed by atoms with van der Waals surface area (Å²) in [5, 5.41) is 3.85. The summed E-state index contributed by atoms with van der Waals surface area (Å²) < 4.78 is 4.72. The van der Waals surface area contributed by atoms with Gasteiger partial charge in [-0.1, -0.05) is 5.16 Å². The summed E-state index contributed by atoms with van der Waals surface area (Å²) >= 11 is 0. The van der Waals surface area contributed by atoms with Crippen molar-refractivity contribution in [2.75, 3.05) is 6.54 Å². The van der Waals surface area contributed by atoms with Gasteiger partial charge in [0.05, 0.1) is 5.69 Å². The maximum absolute atomic E-state index is 5.47. The van der Waals surface area contributed by atoms with Crippen molar-refractivity contribution in [3.8, 4) is 0 Å². The number of hydrogen-bond donors (Lipinski definition) is 1. The summed E-state index contributed by atoms with van der Waals surface area (Å²) in [7, 11) is 0. The third-order valence-corrected chi connectivity index (χ3v) is 2.06. The Bertz CT molecular complexity index is 207. The zero-order valence-corrected chi connectivity index (χ0v) is 5.66. The molecule has 0 saturated heterocycles. The van der Waals surface area contributed by atoms with Crippen LogP contribution in [0, 0.1) is 5.92 Å². The van der Waals surface area contributed by atoms with Gasteiger partial charge in [-0.15, -0.1) is 0 Å². The molecule has 0 spiro atoms. The second kappa shape index (κ2) is 2.09. The second-order valence-electron chi connectivity index (χ2n) is 2.76. The Kier molecular flexibility index (Phi) is 1.24. The van der Waals surface area contributed by atoms with Crippen LogP contribution in [-0.2, 0) is 0 Å². The quantitative estimate of drug-likeness (QED) is 0.655. The lowest BCUT2D eigenvalue weighted by Gasteiger charge is -1.87. The van der Waals surface area contributed by atoms with Crippen LogP contribution in [0.4, 0.5) is 0 Å². The first-order chi connectivity index (χ1) is 4.92. The van der Waals surface area contributed by atoms with Crippen LogP contribution in [-0.4, -0.2) is 11.7 Å². The highest BCUT2D eigenvalue weighted by Crippen LogP contribution is 2.45. The molecule has 0 aromatic carbocycles. The fourth-order valence-corrected chi connectivity index (χ4v) is 1.28. The van der Waals surface area contributed by atoms with Crippen LogP contribution in [0.5, 0.6) is 0 Å². The van der Waals surface area contributed by atoms with Crippen molar-refractivity contribution in [3.63, 3.8) is 0 Å². The Morgan fingerprint density at radius 3 is 3.20 bits per heavy atom. The molecule has 1 aliphatic rings. The number of nitrogens with two attached hydrogens (primary N) is 1. The van der Waals surface area contributed by atoms with E-state index >= 15 is 0 Å². The maximum Gasteiger partial charge on any atom is 0.124 e. The van der Waals surface area contributed by atoms with Gasteiger partial charge in [0.25, 0.3) is 0 Å². The summed E-state index contributed by atoms with van der Waals surface area (Å²) in [4.78, 5) is 0. The first-order valence-electron chi connectivity index (χ1n) is 3.52. The van der Waals surface area contributed by atoms with E-state index in [0.29, 0.717) is 11.8 Å². The van der Waals surface area contributed by atoms with Crippen molar-refractivity contribution in [2.45, 2.75) is 12.3 Å². The summed E-state index contributed by atoms with van der Waals surface area (Å²) in [6.07, 6.45) is 2.80. The third kappa shape index (κ3) is 0.827. The van der Waals surface area contributed by atoms with Crippen LogP contribution >= 0.6 is 0 Å². The highest BCUT2D eigenvalue weighted by atomic mass is 16.5. The van der Waals surface area contributed by atoms with Gasteiger partial charge in [-0.2, -0.15) is 0 Å². The Labute approximate surface area is 59.2 Å². The molecule has 3 heteroatoms. The summed E-state index contributed by atoms with van der Waals surface area (Å²) in [5.74, 6) is 1.24. The standard InChI is InChI=1S/C7H10N2O/c8-4-5-3-6(5)7-1-2-10-9-7/h1-2,5-6H,3-4,8H2/t5-,6+/m0/s1. The number of rotatable bonds is 2. The van der Waals surface area contributed by atoms with Crippen LogP contribution in [0.3, 0.4) is 0 Å². The van der Waals surface area contributed by atoms with Gasteiger partial charge < -0.3 is 10.3 Å². The van der Waals surface area contributed by atoms with E-state index in [0.717, 1.165) is 12.2 Å². The molecule has 2 rings (SSSR count). The minimum absolute atomic E-state index is 0.587. The number of nitrogens with zero attached hydrogens (tertiary/aromatic N) is 1. The number of aromatic nitrogens is 1. The molecule has 0 amide bonds. The van der Waals surface area contributed by atoms with Gasteiger partial charge in [0.15, 0.2) is 0 Å². The molecule has 0 aliphatic heterocycles. The highest BCUT2D eigenvalue weighted by Gasteiger charge is 2.38. The first kappa shape index (κ1) is 5.92. The zero-order chi connectivity index (χ0) is 6.97. The van der Waals surface area contributed by atoms with E-state index in [1.54, 1.807) is 6.26 Å². The maximum atomic E-state index is 5.47. The van der Waals surface area contributed by atoms with E-state index in [1.165, 1.54) is 6.42 Å². The molecule has 2 N–H and O–H groups in total. The molecule has 2 atom stereocenters. The molecule has 1 fully saturated rings. The van der Waals surface area contributed by atoms with Crippen molar-refractivity contribution < 1.29 is 4.52 Å². The molecule has 1 aromatic rings. The molecule has 1 heterocycles. The van der Waals surface area contributed by atoms with Crippen LogP contribution in [0.1, 0.15) is 18.0 Å². The summed E-state index contributed by atoms with van der Waals surface area (Å²) in [6, 6.07) is 1.92. The van der Waals surface area contributed by atoms with Crippen molar-refractivity contribution in [1.29, 1.82) is 0 Å². The molecule has 0 bridgehead atoms. The molecule has 1 saturated carbocycles. The Hall–Kier alpha value is -0.830. The van der Waals surface area contributed by atoms with Gasteiger partial charge in [0.2, 0.25) is 0 Å². The Morgan fingerprint density at radius 2 is 2.70 bits per heavy atom. The van der Waals surface area contributed by atoms with Gasteiger partial charge in [-0.05, 0) is 18.9 Å². The monoisotopic (exact) mass is 138 g/mol. The average molecular weight is 138 g/mol. The SMILES string of the molecule is NC[C@@H]1C[C@H]1c1ccon1. The molecule has 1 aromatic heterocycles. The van der Waals surface area contributed by atoms with Crippen LogP contribution in [0.15, 0.2) is 16.9 Å². The van der Waals surface area contributed by atoms with Gasteiger partial charge >= 0.3 is 0 Å². The first-order valence-corrected chi connectivity index (χ1v) is 3.52. The van der Waals surface area contributed by atoms with Crippen molar-refractivity contribution >= 4 is 0 Å². The molecule has 0 unspecified atom stereocenters. The van der Waals surface area contributed by atoms with Gasteiger partial charge in [0.1, 0.15) is 6.26 Å². The molecule has 54 valence electrons. The minimum Gasteiger partial charge on any atom is -0.365 e. The van der Waals surface area contributed by atoms with E-state index in [2.05, 4.69) is 5.16 Å². The lowest BCUT2D eigenvalue weighted by molar-refractivity contribution is 0.411. The largest absolute Gasteiger partial charge is 0.365 e. The Morgan fingerprint density at radius 1 is 1.80 bits per heavy atom. The molecule has 10 heavy (non-hydrogen) atoms. The lowest BCUT2D eigenvalue weighted by Crippen LogP contribution is -2.01. The smallest absolute Gasteiger partial charge is 0.124 e. The summed E-state index contributed by atoms with van der Waals surface area (Å²) in [6.45, 7) is 0.775. The van der Waals surface area contributed by atoms with Crippen molar-refractivity contribution in [2.24, 2.45) is 11.7 Å². The van der Waals surface area contributed by atoms with Gasteiger partial charge in [0, 0.05) is 12.0 Å². The summed E-state index contributed by atoms with van der Waals surface area (Å²) in [5.41, 5.74) is 6.54. The van der Waals surface area contributed by atoms with E-state index in [-0.39, 0.29) is 0 Å². The fourth-order valence-electron chi connectivity index (χ4n) is 1.28. The Balaban J connectivity index is 2.05. The van der Waals surface area contributed by atoms with Crippen molar-refractivity contribution in [3.05, 3.63) is 18.0 Å². The minimum atomic E-state index is 0.587. The third-order valence-electron chi connectivity index (χ3n) is 2.06. The predicted octanol–water partition coefficient (Wildman–Crippen LogP) is 0.737. The van der Waals surface area contributed by atoms with Gasteiger partial charge in [-0.25, -0.2) is 0 Å². The van der Waals surface area contributed by atoms with E-state index in [4.69, 9.17) is 10.3 Å². The van der Waals surface area contributed by atoms with Crippen molar-refractivity contribution in [1.82, 2.24) is 5.16 Å². The molecule has 0 radical (unpaired) electrons. The normalized spacial score (nSPS) is 30.5. The topological polar surface area (TPSA) is 52.0 Å². The number of hydrogen-bond acceptors (Lipinski definition) is 3. The average Bonchev–Trinajstić information content (AvgIpc) is 2.56. The van der Waals surface area contributed by atoms with E-state index in [9.17, 15) is 0 Å². The lowest BCUT2D eigenvalue weighted by atomic mass is 10.2. The molecule has 1 aliphatic carbocycles. The highest BCUT2D eigenvalue weighted by molar-refractivity contribution is 5.14. The fraction of sp³-hybridized carbons (Fsp3) is 0.571. The van der Waals surface area contributed by atoms with Crippen LogP contribution in [0.2, 0.25) is 0 Å². The zero-order valence-electron chi connectivity index (χ0n) is 5.66. The molecule has 3 nitrogen and oxygen atoms in total. The van der Waals surface area contributed by atoms with Crippen LogP contribution in [0.25, 0.3) is 0 Å². The molecular weight excluding hydrogens is 128 g/mol. The second-order valence-corrected chi connectivity index (χ2v) is 2.76. The predicted molar refractivity (Wildman–Crippen MR) is 36.4 cm³/mol. The van der Waals surface area contributed by atoms with Gasteiger partial charge in [-0.3, -0.25) is 0 Å². The molecular formula is C7H10N2O. The van der Waals surface area contributed by atoms with Crippen LogP contribution < -0.4 is 5.73 Å². The van der Waals surface area contributed by atoms with E-state index < -0.39 is 0 Å².